The van der Waals surface area contributed by atoms with E-state index in [1.165, 1.54) is 11.8 Å². The second-order valence-electron chi connectivity index (χ2n) is 8.47. The summed E-state index contributed by atoms with van der Waals surface area (Å²) in [5.74, 6) is 0.533. The van der Waals surface area contributed by atoms with Crippen LogP contribution in [0.25, 0.3) is 0 Å². The van der Waals surface area contributed by atoms with Crippen LogP contribution in [0.3, 0.4) is 0 Å². The molecule has 3 aromatic rings. The van der Waals surface area contributed by atoms with Crippen molar-refractivity contribution in [1.82, 2.24) is 5.43 Å². The molecule has 0 atom stereocenters. The third kappa shape index (κ3) is 7.95. The van der Waals surface area contributed by atoms with Crippen molar-refractivity contribution in [1.29, 1.82) is 0 Å². The number of benzene rings is 3. The minimum atomic E-state index is -0.355. The molecule has 2 N–H and O–H groups in total. The van der Waals surface area contributed by atoms with Crippen LogP contribution in [0.15, 0.2) is 64.2 Å². The van der Waals surface area contributed by atoms with E-state index in [0.29, 0.717) is 28.1 Å². The van der Waals surface area contributed by atoms with Crippen LogP contribution in [0, 0.1) is 20.8 Å². The lowest BCUT2D eigenvalue weighted by molar-refractivity contribution is -0.124. The largest absolute Gasteiger partial charge is 0.493 e. The van der Waals surface area contributed by atoms with E-state index < -0.39 is 0 Å². The molecule has 2 amide bonds. The molecule has 0 radical (unpaired) electrons. The summed E-state index contributed by atoms with van der Waals surface area (Å²) in [6, 6.07) is 17.5. The Labute approximate surface area is 220 Å². The minimum Gasteiger partial charge on any atom is -0.493 e. The SMILES string of the molecule is COc1cc(C=NNC(=O)CCC(=O)Nc2cc(C)ccc2C)cc(Br)c1OCc1ccc(C)cc1. The first-order valence-electron chi connectivity index (χ1n) is 11.5. The number of nitrogens with zero attached hydrogens (tertiary/aromatic N) is 1. The quantitative estimate of drug-likeness (QED) is 0.245. The van der Waals surface area contributed by atoms with E-state index >= 15 is 0 Å². The third-order valence-electron chi connectivity index (χ3n) is 5.40. The standard InChI is InChI=1S/C28H30BrN3O4/c1-18-6-9-21(10-7-18)17-36-28-23(29)14-22(15-25(28)35-4)16-30-32-27(34)12-11-26(33)31-24-13-19(2)5-8-20(24)3/h5-10,13-16H,11-12,17H2,1-4H3,(H,31,33)(H,32,34). The summed E-state index contributed by atoms with van der Waals surface area (Å²) < 4.78 is 12.2. The minimum absolute atomic E-state index is 0.0207. The average Bonchev–Trinajstić information content (AvgIpc) is 2.85. The molecule has 7 nitrogen and oxygen atoms in total. The number of nitrogens with one attached hydrogen (secondary N) is 2. The number of halogens is 1. The molecular formula is C28H30BrN3O4. The van der Waals surface area contributed by atoms with Crippen LogP contribution in [0.5, 0.6) is 11.5 Å². The van der Waals surface area contributed by atoms with Crippen molar-refractivity contribution in [2.24, 2.45) is 5.10 Å². The number of methoxy groups -OCH3 is 1. The van der Waals surface area contributed by atoms with Crippen LogP contribution in [-0.4, -0.2) is 25.1 Å². The van der Waals surface area contributed by atoms with Gasteiger partial charge in [0.1, 0.15) is 6.61 Å². The average molecular weight is 552 g/mol. The number of aryl methyl sites for hydroxylation is 3. The monoisotopic (exact) mass is 551 g/mol. The molecule has 0 aliphatic carbocycles. The van der Waals surface area contributed by atoms with Crippen LogP contribution >= 0.6 is 15.9 Å². The fraction of sp³-hybridized carbons (Fsp3) is 0.250. The Hall–Kier alpha value is -3.65. The number of carbonyl (C=O) groups is 2. The van der Waals surface area contributed by atoms with Crippen molar-refractivity contribution >= 4 is 39.6 Å². The zero-order valence-corrected chi connectivity index (χ0v) is 22.4. The second-order valence-corrected chi connectivity index (χ2v) is 9.32. The highest BCUT2D eigenvalue weighted by Crippen LogP contribution is 2.36. The van der Waals surface area contributed by atoms with E-state index in [9.17, 15) is 9.59 Å². The van der Waals surface area contributed by atoms with E-state index in [-0.39, 0.29) is 24.7 Å². The Bertz CT molecular complexity index is 1260. The summed E-state index contributed by atoms with van der Waals surface area (Å²) >= 11 is 3.52. The summed E-state index contributed by atoms with van der Waals surface area (Å²) in [6.45, 7) is 6.32. The first-order valence-corrected chi connectivity index (χ1v) is 12.3. The number of anilines is 1. The molecule has 0 aliphatic heterocycles. The molecule has 3 aromatic carbocycles. The Morgan fingerprint density at radius 2 is 1.64 bits per heavy atom. The van der Waals surface area contributed by atoms with Gasteiger partial charge in [0, 0.05) is 18.5 Å². The second kappa shape index (κ2) is 12.9. The van der Waals surface area contributed by atoms with Gasteiger partial charge in [0.25, 0.3) is 0 Å². The molecule has 0 heterocycles. The van der Waals surface area contributed by atoms with Crippen molar-refractivity contribution in [3.05, 3.63) is 86.9 Å². The molecule has 36 heavy (non-hydrogen) atoms. The number of hydrogen-bond acceptors (Lipinski definition) is 5. The highest BCUT2D eigenvalue weighted by Gasteiger charge is 2.12. The van der Waals surface area contributed by atoms with Crippen LogP contribution in [0.2, 0.25) is 0 Å². The summed E-state index contributed by atoms with van der Waals surface area (Å²) in [5.41, 5.74) is 8.17. The molecule has 188 valence electrons. The van der Waals surface area contributed by atoms with Gasteiger partial charge in [-0.05, 0) is 77.2 Å². The number of rotatable bonds is 10. The van der Waals surface area contributed by atoms with Crippen molar-refractivity contribution in [3.63, 3.8) is 0 Å². The van der Waals surface area contributed by atoms with Crippen LogP contribution < -0.4 is 20.2 Å². The molecule has 8 heteroatoms. The molecular weight excluding hydrogens is 522 g/mol. The van der Waals surface area contributed by atoms with Crippen LogP contribution in [-0.2, 0) is 16.2 Å². The highest BCUT2D eigenvalue weighted by atomic mass is 79.9. The molecule has 0 bridgehead atoms. The van der Waals surface area contributed by atoms with Crippen molar-refractivity contribution in [2.45, 2.75) is 40.2 Å². The number of carbonyl (C=O) groups excluding carboxylic acids is 2. The van der Waals surface area contributed by atoms with Crippen LogP contribution in [0.4, 0.5) is 5.69 Å². The molecule has 0 aliphatic rings. The van der Waals surface area contributed by atoms with Gasteiger partial charge in [-0.25, -0.2) is 5.43 Å². The molecule has 0 saturated heterocycles. The first kappa shape index (κ1) is 26.9. The smallest absolute Gasteiger partial charge is 0.240 e. The molecule has 3 rings (SSSR count). The number of hydrogen-bond donors (Lipinski definition) is 2. The van der Waals surface area contributed by atoms with Crippen LogP contribution in [0.1, 0.15) is 40.7 Å². The predicted molar refractivity (Wildman–Crippen MR) is 146 cm³/mol. The molecule has 0 saturated carbocycles. The Morgan fingerprint density at radius 1 is 0.944 bits per heavy atom. The number of ether oxygens (including phenoxy) is 2. The van der Waals surface area contributed by atoms with E-state index in [0.717, 1.165) is 22.4 Å². The lowest BCUT2D eigenvalue weighted by Crippen LogP contribution is -2.21. The topological polar surface area (TPSA) is 89.0 Å². The van der Waals surface area contributed by atoms with Gasteiger partial charge < -0.3 is 14.8 Å². The molecule has 0 unspecified atom stereocenters. The maximum atomic E-state index is 12.2. The molecule has 0 fully saturated rings. The number of amides is 2. The van der Waals surface area contributed by atoms with Gasteiger partial charge in [-0.3, -0.25) is 9.59 Å². The molecule has 0 aromatic heterocycles. The Morgan fingerprint density at radius 3 is 2.36 bits per heavy atom. The summed E-state index contributed by atoms with van der Waals surface area (Å²) in [7, 11) is 1.56. The first-order chi connectivity index (χ1) is 17.2. The molecule has 0 spiro atoms. The normalized spacial score (nSPS) is 10.8. The lowest BCUT2D eigenvalue weighted by atomic mass is 10.1. The fourth-order valence-corrected chi connectivity index (χ4v) is 3.91. The van der Waals surface area contributed by atoms with Crippen molar-refractivity contribution in [3.8, 4) is 11.5 Å². The summed E-state index contributed by atoms with van der Waals surface area (Å²) in [4.78, 5) is 24.4. The zero-order valence-electron chi connectivity index (χ0n) is 20.9. The van der Waals surface area contributed by atoms with Gasteiger partial charge in [0.05, 0.1) is 17.8 Å². The van der Waals surface area contributed by atoms with Crippen molar-refractivity contribution in [2.75, 3.05) is 12.4 Å². The zero-order chi connectivity index (χ0) is 26.1. The maximum Gasteiger partial charge on any atom is 0.240 e. The van der Waals surface area contributed by atoms with Crippen molar-refractivity contribution < 1.29 is 19.1 Å². The third-order valence-corrected chi connectivity index (χ3v) is 5.99. The highest BCUT2D eigenvalue weighted by molar-refractivity contribution is 9.10. The van der Waals surface area contributed by atoms with Gasteiger partial charge in [-0.15, -0.1) is 0 Å². The fourth-order valence-electron chi connectivity index (χ4n) is 3.34. The van der Waals surface area contributed by atoms with E-state index in [1.807, 2.05) is 69.3 Å². The van der Waals surface area contributed by atoms with E-state index in [1.54, 1.807) is 13.2 Å². The van der Waals surface area contributed by atoms with Gasteiger partial charge in [0.15, 0.2) is 11.5 Å². The predicted octanol–water partition coefficient (Wildman–Crippen LogP) is 5.83. The van der Waals surface area contributed by atoms with Gasteiger partial charge in [-0.1, -0.05) is 42.0 Å². The summed E-state index contributed by atoms with van der Waals surface area (Å²) in [6.07, 6.45) is 1.58. The number of hydrazone groups is 1. The lowest BCUT2D eigenvalue weighted by Gasteiger charge is -2.13. The van der Waals surface area contributed by atoms with E-state index in [4.69, 9.17) is 9.47 Å². The van der Waals surface area contributed by atoms with E-state index in [2.05, 4.69) is 31.8 Å². The Balaban J connectivity index is 1.52. The van der Waals surface area contributed by atoms with Gasteiger partial charge >= 0.3 is 0 Å². The maximum absolute atomic E-state index is 12.2. The summed E-state index contributed by atoms with van der Waals surface area (Å²) in [5, 5.41) is 6.85. The van der Waals surface area contributed by atoms with Gasteiger partial charge in [-0.2, -0.15) is 5.10 Å². The Kier molecular flexibility index (Phi) is 9.64. The van der Waals surface area contributed by atoms with Gasteiger partial charge in [0.2, 0.25) is 11.8 Å².